The Kier molecular flexibility index (Phi) is 4.76. The predicted molar refractivity (Wildman–Crippen MR) is 79.8 cm³/mol. The van der Waals surface area contributed by atoms with Crippen LogP contribution in [0.3, 0.4) is 0 Å². The van der Waals surface area contributed by atoms with Crippen LogP contribution in [0.2, 0.25) is 0 Å². The topological polar surface area (TPSA) is 39.7 Å². The summed E-state index contributed by atoms with van der Waals surface area (Å²) in [7, 11) is 4.93. The number of rotatable bonds is 6. The molecule has 1 aromatic carbocycles. The quantitative estimate of drug-likeness (QED) is 0.868. The summed E-state index contributed by atoms with van der Waals surface area (Å²) in [6.07, 6.45) is 5.10. The number of hydrogen-bond acceptors (Lipinski definition) is 4. The van der Waals surface area contributed by atoms with Crippen LogP contribution < -0.4 is 19.5 Å². The van der Waals surface area contributed by atoms with Crippen molar-refractivity contribution in [2.24, 2.45) is 0 Å². The van der Waals surface area contributed by atoms with Gasteiger partial charge in [0.1, 0.15) is 0 Å². The predicted octanol–water partition coefficient (Wildman–Crippen LogP) is 3.13. The molecule has 2 rings (SSSR count). The third kappa shape index (κ3) is 3.01. The number of benzene rings is 1. The summed E-state index contributed by atoms with van der Waals surface area (Å²) in [6.45, 7) is 3.08. The molecular formula is C16H25NO3. The van der Waals surface area contributed by atoms with E-state index in [1.807, 2.05) is 12.1 Å². The van der Waals surface area contributed by atoms with Crippen LogP contribution in [0.4, 0.5) is 0 Å². The molecule has 1 saturated carbocycles. The molecule has 1 N–H and O–H groups in total. The lowest BCUT2D eigenvalue weighted by Gasteiger charge is -2.26. The molecule has 0 amide bonds. The Bertz CT molecular complexity index is 453. The Morgan fingerprint density at radius 1 is 1.00 bits per heavy atom. The van der Waals surface area contributed by atoms with Crippen molar-refractivity contribution < 1.29 is 14.2 Å². The Morgan fingerprint density at radius 2 is 1.65 bits per heavy atom. The highest BCUT2D eigenvalue weighted by Gasteiger charge is 2.28. The lowest BCUT2D eigenvalue weighted by molar-refractivity contribution is 0.317. The number of nitrogens with one attached hydrogen (secondary N) is 1. The molecule has 1 aromatic rings. The maximum Gasteiger partial charge on any atom is 0.203 e. The van der Waals surface area contributed by atoms with Crippen molar-refractivity contribution in [1.82, 2.24) is 5.32 Å². The highest BCUT2D eigenvalue weighted by atomic mass is 16.5. The number of ether oxygens (including phenoxy) is 3. The number of methoxy groups -OCH3 is 3. The average Bonchev–Trinajstić information content (AvgIpc) is 2.91. The van der Waals surface area contributed by atoms with Gasteiger partial charge in [-0.05, 0) is 25.8 Å². The SMILES string of the molecule is COc1ccc(CNC2(C)CCCC2)c(OC)c1OC. The van der Waals surface area contributed by atoms with Crippen molar-refractivity contribution in [3.05, 3.63) is 17.7 Å². The number of hydrogen-bond donors (Lipinski definition) is 1. The van der Waals surface area contributed by atoms with E-state index in [-0.39, 0.29) is 5.54 Å². The van der Waals surface area contributed by atoms with E-state index in [1.165, 1.54) is 25.7 Å². The first-order chi connectivity index (χ1) is 9.63. The van der Waals surface area contributed by atoms with Gasteiger partial charge in [0, 0.05) is 17.6 Å². The zero-order valence-electron chi connectivity index (χ0n) is 12.9. The zero-order chi connectivity index (χ0) is 14.6. The fourth-order valence-corrected chi connectivity index (χ4v) is 2.94. The van der Waals surface area contributed by atoms with Gasteiger partial charge < -0.3 is 19.5 Å². The van der Waals surface area contributed by atoms with Gasteiger partial charge in [0.2, 0.25) is 5.75 Å². The van der Waals surface area contributed by atoms with Crippen molar-refractivity contribution in [3.63, 3.8) is 0 Å². The van der Waals surface area contributed by atoms with Gasteiger partial charge in [0.25, 0.3) is 0 Å². The van der Waals surface area contributed by atoms with Gasteiger partial charge >= 0.3 is 0 Å². The summed E-state index contributed by atoms with van der Waals surface area (Å²) in [6, 6.07) is 3.96. The Labute approximate surface area is 121 Å². The summed E-state index contributed by atoms with van der Waals surface area (Å²) >= 11 is 0. The normalized spacial score (nSPS) is 17.0. The summed E-state index contributed by atoms with van der Waals surface area (Å²) in [5, 5.41) is 3.66. The van der Waals surface area contributed by atoms with E-state index >= 15 is 0 Å². The van der Waals surface area contributed by atoms with Crippen LogP contribution in [0.25, 0.3) is 0 Å². The van der Waals surface area contributed by atoms with E-state index in [0.717, 1.165) is 17.9 Å². The largest absolute Gasteiger partial charge is 0.493 e. The third-order valence-electron chi connectivity index (χ3n) is 4.20. The molecule has 0 heterocycles. The molecule has 4 heteroatoms. The second kappa shape index (κ2) is 6.35. The standard InChI is InChI=1S/C16H25NO3/c1-16(9-5-6-10-16)17-11-12-7-8-13(18-2)15(20-4)14(12)19-3/h7-8,17H,5-6,9-11H2,1-4H3. The van der Waals surface area contributed by atoms with Crippen molar-refractivity contribution in [3.8, 4) is 17.2 Å². The Morgan fingerprint density at radius 3 is 2.20 bits per heavy atom. The molecule has 0 radical (unpaired) electrons. The van der Waals surface area contributed by atoms with E-state index < -0.39 is 0 Å². The molecule has 112 valence electrons. The molecule has 1 fully saturated rings. The molecule has 0 aromatic heterocycles. The molecular weight excluding hydrogens is 254 g/mol. The van der Waals surface area contributed by atoms with Crippen LogP contribution in [0, 0.1) is 0 Å². The van der Waals surface area contributed by atoms with Gasteiger partial charge in [-0.25, -0.2) is 0 Å². The zero-order valence-corrected chi connectivity index (χ0v) is 12.9. The van der Waals surface area contributed by atoms with E-state index in [0.29, 0.717) is 11.5 Å². The second-order valence-electron chi connectivity index (χ2n) is 5.61. The smallest absolute Gasteiger partial charge is 0.203 e. The van der Waals surface area contributed by atoms with E-state index in [2.05, 4.69) is 12.2 Å². The van der Waals surface area contributed by atoms with E-state index in [1.54, 1.807) is 21.3 Å². The summed E-state index contributed by atoms with van der Waals surface area (Å²) in [5.41, 5.74) is 1.34. The highest BCUT2D eigenvalue weighted by Crippen LogP contribution is 2.40. The molecule has 1 aliphatic rings. The molecule has 0 unspecified atom stereocenters. The summed E-state index contributed by atoms with van der Waals surface area (Å²) in [5.74, 6) is 2.10. The molecule has 4 nitrogen and oxygen atoms in total. The Hall–Kier alpha value is -1.42. The minimum atomic E-state index is 0.248. The maximum atomic E-state index is 5.51. The van der Waals surface area contributed by atoms with Crippen LogP contribution >= 0.6 is 0 Å². The monoisotopic (exact) mass is 279 g/mol. The molecule has 20 heavy (non-hydrogen) atoms. The average molecular weight is 279 g/mol. The minimum absolute atomic E-state index is 0.248. The van der Waals surface area contributed by atoms with Gasteiger partial charge in [-0.3, -0.25) is 0 Å². The molecule has 0 saturated heterocycles. The van der Waals surface area contributed by atoms with Crippen LogP contribution in [-0.4, -0.2) is 26.9 Å². The van der Waals surface area contributed by atoms with E-state index in [4.69, 9.17) is 14.2 Å². The molecule has 0 atom stereocenters. The first kappa shape index (κ1) is 15.0. The highest BCUT2D eigenvalue weighted by molar-refractivity contribution is 5.55. The summed E-state index contributed by atoms with van der Waals surface area (Å²) < 4.78 is 16.2. The first-order valence-electron chi connectivity index (χ1n) is 7.16. The molecule has 0 aliphatic heterocycles. The Balaban J connectivity index is 2.18. The summed E-state index contributed by atoms with van der Waals surface area (Å²) in [4.78, 5) is 0. The molecule has 0 bridgehead atoms. The van der Waals surface area contributed by atoms with Crippen LogP contribution in [0.5, 0.6) is 17.2 Å². The van der Waals surface area contributed by atoms with Crippen molar-refractivity contribution in [2.45, 2.75) is 44.7 Å². The van der Waals surface area contributed by atoms with Gasteiger partial charge in [-0.1, -0.05) is 18.9 Å². The van der Waals surface area contributed by atoms with Gasteiger partial charge in [0.05, 0.1) is 21.3 Å². The van der Waals surface area contributed by atoms with Crippen LogP contribution in [0.15, 0.2) is 12.1 Å². The van der Waals surface area contributed by atoms with Crippen LogP contribution in [0.1, 0.15) is 38.2 Å². The fraction of sp³-hybridized carbons (Fsp3) is 0.625. The third-order valence-corrected chi connectivity index (χ3v) is 4.20. The van der Waals surface area contributed by atoms with Crippen LogP contribution in [-0.2, 0) is 6.54 Å². The van der Waals surface area contributed by atoms with Gasteiger partial charge in [-0.2, -0.15) is 0 Å². The maximum absolute atomic E-state index is 5.51. The van der Waals surface area contributed by atoms with Gasteiger partial charge in [-0.15, -0.1) is 0 Å². The lowest BCUT2D eigenvalue weighted by atomic mass is 10.00. The van der Waals surface area contributed by atoms with Crippen molar-refractivity contribution >= 4 is 0 Å². The molecule has 1 aliphatic carbocycles. The van der Waals surface area contributed by atoms with Gasteiger partial charge in [0.15, 0.2) is 11.5 Å². The van der Waals surface area contributed by atoms with Crippen molar-refractivity contribution in [1.29, 1.82) is 0 Å². The fourth-order valence-electron chi connectivity index (χ4n) is 2.94. The second-order valence-corrected chi connectivity index (χ2v) is 5.61. The molecule has 0 spiro atoms. The first-order valence-corrected chi connectivity index (χ1v) is 7.16. The van der Waals surface area contributed by atoms with E-state index in [9.17, 15) is 0 Å². The van der Waals surface area contributed by atoms with Crippen molar-refractivity contribution in [2.75, 3.05) is 21.3 Å². The lowest BCUT2D eigenvalue weighted by Crippen LogP contribution is -2.38. The minimum Gasteiger partial charge on any atom is -0.493 e.